The number of nitro groups is 1. The van der Waals surface area contributed by atoms with Gasteiger partial charge in [-0.05, 0) is 34.8 Å². The van der Waals surface area contributed by atoms with E-state index in [2.05, 4.69) is 15.9 Å². The highest BCUT2D eigenvalue weighted by atomic mass is 79.9. The van der Waals surface area contributed by atoms with E-state index in [1.54, 1.807) is 0 Å². The SMILES string of the molecule is O=C(O)CC1CCCN1C(=O)c1cc(F)cc([N+](=O)[O-])c1Br. The quantitative estimate of drug-likeness (QED) is 0.644. The Morgan fingerprint density at radius 2 is 2.18 bits per heavy atom. The number of carboxylic acids is 1. The van der Waals surface area contributed by atoms with Gasteiger partial charge >= 0.3 is 5.97 Å². The lowest BCUT2D eigenvalue weighted by atomic mass is 10.1. The van der Waals surface area contributed by atoms with E-state index in [1.807, 2.05) is 0 Å². The van der Waals surface area contributed by atoms with E-state index in [0.717, 1.165) is 12.1 Å². The van der Waals surface area contributed by atoms with Crippen molar-refractivity contribution >= 4 is 33.5 Å². The van der Waals surface area contributed by atoms with Crippen LogP contribution < -0.4 is 0 Å². The van der Waals surface area contributed by atoms with Crippen LogP contribution in [0.1, 0.15) is 29.6 Å². The second-order valence-corrected chi connectivity index (χ2v) is 5.73. The lowest BCUT2D eigenvalue weighted by molar-refractivity contribution is -0.385. The van der Waals surface area contributed by atoms with Gasteiger partial charge in [0.25, 0.3) is 11.6 Å². The van der Waals surface area contributed by atoms with Crippen LogP contribution in [0.5, 0.6) is 0 Å². The van der Waals surface area contributed by atoms with Crippen LogP contribution in [0.4, 0.5) is 10.1 Å². The van der Waals surface area contributed by atoms with E-state index < -0.39 is 34.3 Å². The third-order valence-electron chi connectivity index (χ3n) is 3.49. The molecule has 2 rings (SSSR count). The summed E-state index contributed by atoms with van der Waals surface area (Å²) in [6.45, 7) is 0.341. The molecule has 1 saturated heterocycles. The number of aliphatic carboxylic acids is 1. The van der Waals surface area contributed by atoms with E-state index >= 15 is 0 Å². The fraction of sp³-hybridized carbons (Fsp3) is 0.385. The van der Waals surface area contributed by atoms with Crippen molar-refractivity contribution in [2.75, 3.05) is 6.54 Å². The molecule has 1 aliphatic rings. The van der Waals surface area contributed by atoms with Crippen molar-refractivity contribution < 1.29 is 24.0 Å². The zero-order valence-electron chi connectivity index (χ0n) is 11.3. The summed E-state index contributed by atoms with van der Waals surface area (Å²) in [5.74, 6) is -2.54. The summed E-state index contributed by atoms with van der Waals surface area (Å²) in [6.07, 6.45) is 0.965. The van der Waals surface area contributed by atoms with Gasteiger partial charge in [-0.3, -0.25) is 19.7 Å². The Labute approximate surface area is 133 Å². The maximum atomic E-state index is 13.5. The van der Waals surface area contributed by atoms with Gasteiger partial charge in [0.15, 0.2) is 0 Å². The van der Waals surface area contributed by atoms with Crippen molar-refractivity contribution in [2.45, 2.75) is 25.3 Å². The molecule has 1 unspecified atom stereocenters. The number of nitro benzene ring substituents is 1. The molecule has 0 radical (unpaired) electrons. The van der Waals surface area contributed by atoms with Crippen LogP contribution in [0.25, 0.3) is 0 Å². The molecular weight excluding hydrogens is 363 g/mol. The number of hydrogen-bond acceptors (Lipinski definition) is 4. The first-order valence-electron chi connectivity index (χ1n) is 6.47. The van der Waals surface area contributed by atoms with E-state index in [9.17, 15) is 24.1 Å². The smallest absolute Gasteiger partial charge is 0.305 e. The molecule has 1 atom stereocenters. The zero-order valence-corrected chi connectivity index (χ0v) is 12.9. The van der Waals surface area contributed by atoms with Gasteiger partial charge in [0.1, 0.15) is 10.3 Å². The van der Waals surface area contributed by atoms with Crippen molar-refractivity contribution in [3.8, 4) is 0 Å². The largest absolute Gasteiger partial charge is 0.481 e. The predicted molar refractivity (Wildman–Crippen MR) is 77.1 cm³/mol. The van der Waals surface area contributed by atoms with Gasteiger partial charge in [-0.25, -0.2) is 4.39 Å². The molecule has 1 aromatic rings. The third kappa shape index (κ3) is 3.24. The minimum absolute atomic E-state index is 0.107. The van der Waals surface area contributed by atoms with Gasteiger partial charge in [-0.15, -0.1) is 0 Å². The maximum Gasteiger partial charge on any atom is 0.305 e. The molecular formula is C13H12BrFN2O5. The molecule has 0 bridgehead atoms. The standard InChI is InChI=1S/C13H12BrFN2O5/c14-12-9(4-7(15)5-10(12)17(21)22)13(20)16-3-1-2-8(16)6-11(18)19/h4-5,8H,1-3,6H2,(H,18,19). The molecule has 1 fully saturated rings. The molecule has 0 aromatic heterocycles. The molecule has 1 aliphatic heterocycles. The predicted octanol–water partition coefficient (Wildman–Crippen LogP) is 2.58. The van der Waals surface area contributed by atoms with Crippen LogP contribution in [-0.2, 0) is 4.79 Å². The van der Waals surface area contributed by atoms with Gasteiger partial charge in [-0.1, -0.05) is 0 Å². The Morgan fingerprint density at radius 3 is 2.77 bits per heavy atom. The van der Waals surface area contributed by atoms with Crippen molar-refractivity contribution in [2.24, 2.45) is 0 Å². The highest BCUT2D eigenvalue weighted by Gasteiger charge is 2.33. The first kappa shape index (κ1) is 16.3. The number of rotatable bonds is 4. The number of likely N-dealkylation sites (tertiary alicyclic amines) is 1. The van der Waals surface area contributed by atoms with Crippen LogP contribution in [0.2, 0.25) is 0 Å². The van der Waals surface area contributed by atoms with Gasteiger partial charge in [-0.2, -0.15) is 0 Å². The molecule has 118 valence electrons. The molecule has 0 spiro atoms. The average molecular weight is 375 g/mol. The first-order chi connectivity index (χ1) is 10.3. The molecule has 0 saturated carbocycles. The lowest BCUT2D eigenvalue weighted by Crippen LogP contribution is -2.37. The minimum atomic E-state index is -1.03. The van der Waals surface area contributed by atoms with Crippen LogP contribution in [0, 0.1) is 15.9 Å². The van der Waals surface area contributed by atoms with E-state index in [-0.39, 0.29) is 16.5 Å². The van der Waals surface area contributed by atoms with Crippen LogP contribution >= 0.6 is 15.9 Å². The Bertz CT molecular complexity index is 652. The second kappa shape index (κ2) is 6.39. The number of carbonyl (C=O) groups is 2. The average Bonchev–Trinajstić information content (AvgIpc) is 2.87. The first-order valence-corrected chi connectivity index (χ1v) is 7.26. The summed E-state index contributed by atoms with van der Waals surface area (Å²) in [5, 5.41) is 19.7. The Hall–Kier alpha value is -2.03. The summed E-state index contributed by atoms with van der Waals surface area (Å²) in [5.41, 5.74) is -0.721. The Balaban J connectivity index is 2.37. The number of amides is 1. The molecule has 1 aromatic carbocycles. The second-order valence-electron chi connectivity index (χ2n) is 4.94. The number of carbonyl (C=O) groups excluding carboxylic acids is 1. The number of carboxylic acid groups (broad SMARTS) is 1. The molecule has 7 nitrogen and oxygen atoms in total. The molecule has 1 amide bonds. The molecule has 1 N–H and O–H groups in total. The van der Waals surface area contributed by atoms with Crippen molar-refractivity contribution in [3.05, 3.63) is 38.1 Å². The number of nitrogens with zero attached hydrogens (tertiary/aromatic N) is 2. The molecule has 9 heteroatoms. The monoisotopic (exact) mass is 374 g/mol. The summed E-state index contributed by atoms with van der Waals surface area (Å²) < 4.78 is 13.4. The summed E-state index contributed by atoms with van der Waals surface area (Å²) in [7, 11) is 0. The minimum Gasteiger partial charge on any atom is -0.481 e. The van der Waals surface area contributed by atoms with Gasteiger partial charge in [0, 0.05) is 12.6 Å². The summed E-state index contributed by atoms with van der Waals surface area (Å²) in [6, 6.07) is 1.15. The van der Waals surface area contributed by atoms with Crippen molar-refractivity contribution in [3.63, 3.8) is 0 Å². The Kier molecular flexibility index (Phi) is 4.74. The van der Waals surface area contributed by atoms with E-state index in [1.165, 1.54) is 4.90 Å². The zero-order chi connectivity index (χ0) is 16.4. The normalized spacial score (nSPS) is 17.5. The lowest BCUT2D eigenvalue weighted by Gasteiger charge is -2.24. The van der Waals surface area contributed by atoms with Gasteiger partial charge in [0.05, 0.1) is 23.0 Å². The highest BCUT2D eigenvalue weighted by Crippen LogP contribution is 2.32. The van der Waals surface area contributed by atoms with Crippen LogP contribution in [0.15, 0.2) is 16.6 Å². The summed E-state index contributed by atoms with van der Waals surface area (Å²) in [4.78, 5) is 34.8. The number of benzene rings is 1. The molecule has 0 aliphatic carbocycles. The molecule has 22 heavy (non-hydrogen) atoms. The van der Waals surface area contributed by atoms with Crippen LogP contribution in [-0.4, -0.2) is 39.4 Å². The summed E-state index contributed by atoms with van der Waals surface area (Å²) >= 11 is 2.96. The van der Waals surface area contributed by atoms with Crippen molar-refractivity contribution in [1.29, 1.82) is 0 Å². The van der Waals surface area contributed by atoms with Gasteiger partial charge < -0.3 is 10.0 Å². The molecule has 1 heterocycles. The highest BCUT2D eigenvalue weighted by molar-refractivity contribution is 9.10. The van der Waals surface area contributed by atoms with E-state index in [0.29, 0.717) is 19.4 Å². The van der Waals surface area contributed by atoms with Crippen molar-refractivity contribution in [1.82, 2.24) is 4.90 Å². The number of hydrogen-bond donors (Lipinski definition) is 1. The maximum absolute atomic E-state index is 13.5. The third-order valence-corrected chi connectivity index (χ3v) is 4.33. The number of halogens is 2. The fourth-order valence-electron chi connectivity index (χ4n) is 2.53. The van der Waals surface area contributed by atoms with E-state index in [4.69, 9.17) is 5.11 Å². The van der Waals surface area contributed by atoms with Gasteiger partial charge in [0.2, 0.25) is 0 Å². The van der Waals surface area contributed by atoms with Crippen LogP contribution in [0.3, 0.4) is 0 Å². The fourth-order valence-corrected chi connectivity index (χ4v) is 3.08. The Morgan fingerprint density at radius 1 is 1.50 bits per heavy atom. The topological polar surface area (TPSA) is 101 Å².